The zero-order valence-corrected chi connectivity index (χ0v) is 14.3. The summed E-state index contributed by atoms with van der Waals surface area (Å²) in [5.74, 6) is 1.34. The van der Waals surface area contributed by atoms with Gasteiger partial charge in [-0.1, -0.05) is 35.0 Å². The fraction of sp³-hybridized carbons (Fsp3) is 0.211. The van der Waals surface area contributed by atoms with Gasteiger partial charge in [0.05, 0.1) is 7.11 Å². The molecule has 1 aromatic heterocycles. The van der Waals surface area contributed by atoms with E-state index in [1.54, 1.807) is 38.3 Å². The van der Waals surface area contributed by atoms with Gasteiger partial charge in [0.15, 0.2) is 0 Å². The molecule has 1 N–H and O–H groups in total. The van der Waals surface area contributed by atoms with Crippen LogP contribution in [-0.2, 0) is 0 Å². The molecule has 6 heteroatoms. The Balaban J connectivity index is 1.69. The fourth-order valence-electron chi connectivity index (χ4n) is 2.32. The molecule has 6 nitrogen and oxygen atoms in total. The number of hydrogen-bond donors (Lipinski definition) is 1. The highest BCUT2D eigenvalue weighted by Crippen LogP contribution is 2.19. The lowest BCUT2D eigenvalue weighted by Gasteiger charge is -2.10. The lowest BCUT2D eigenvalue weighted by Crippen LogP contribution is -2.26. The summed E-state index contributed by atoms with van der Waals surface area (Å²) in [6.45, 7) is 3.82. The first-order chi connectivity index (χ1) is 12.1. The molecule has 1 amide bonds. The van der Waals surface area contributed by atoms with Gasteiger partial charge in [0.1, 0.15) is 11.8 Å². The van der Waals surface area contributed by atoms with E-state index in [1.165, 1.54) is 0 Å². The van der Waals surface area contributed by atoms with Crippen LogP contribution in [0.15, 0.2) is 53.1 Å². The van der Waals surface area contributed by atoms with Crippen molar-refractivity contribution in [1.82, 2.24) is 15.5 Å². The molecule has 0 bridgehead atoms. The normalized spacial score (nSPS) is 11.8. The van der Waals surface area contributed by atoms with Crippen molar-refractivity contribution in [2.75, 3.05) is 7.11 Å². The van der Waals surface area contributed by atoms with Gasteiger partial charge >= 0.3 is 0 Å². The number of aryl methyl sites for hydroxylation is 1. The Morgan fingerprint density at radius 3 is 2.44 bits per heavy atom. The zero-order chi connectivity index (χ0) is 17.8. The van der Waals surface area contributed by atoms with Crippen LogP contribution in [0.2, 0.25) is 0 Å². The van der Waals surface area contributed by atoms with E-state index in [-0.39, 0.29) is 5.91 Å². The van der Waals surface area contributed by atoms with Crippen molar-refractivity contribution in [2.45, 2.75) is 19.9 Å². The third kappa shape index (κ3) is 3.85. The predicted octanol–water partition coefficient (Wildman–Crippen LogP) is 3.54. The van der Waals surface area contributed by atoms with Crippen LogP contribution in [-0.4, -0.2) is 23.2 Å². The Bertz CT molecular complexity index is 854. The summed E-state index contributed by atoms with van der Waals surface area (Å²) < 4.78 is 10.4. The van der Waals surface area contributed by atoms with Crippen LogP contribution in [0.5, 0.6) is 5.75 Å². The predicted molar refractivity (Wildman–Crippen MR) is 93.3 cm³/mol. The number of amides is 1. The number of nitrogens with zero attached hydrogens (tertiary/aromatic N) is 2. The van der Waals surface area contributed by atoms with Crippen molar-refractivity contribution in [2.24, 2.45) is 0 Å². The smallest absolute Gasteiger partial charge is 0.251 e. The average Bonchev–Trinajstić information content (AvgIpc) is 3.12. The highest BCUT2D eigenvalue weighted by Gasteiger charge is 2.18. The quantitative estimate of drug-likeness (QED) is 0.770. The van der Waals surface area contributed by atoms with Gasteiger partial charge in [-0.25, -0.2) is 0 Å². The van der Waals surface area contributed by atoms with Crippen molar-refractivity contribution in [1.29, 1.82) is 0 Å². The highest BCUT2D eigenvalue weighted by molar-refractivity contribution is 5.94. The van der Waals surface area contributed by atoms with E-state index in [0.717, 1.165) is 11.1 Å². The van der Waals surface area contributed by atoms with Gasteiger partial charge in [0.25, 0.3) is 5.91 Å². The van der Waals surface area contributed by atoms with Gasteiger partial charge in [-0.05, 0) is 38.1 Å². The van der Waals surface area contributed by atoms with Crippen LogP contribution in [0.3, 0.4) is 0 Å². The molecule has 1 heterocycles. The van der Waals surface area contributed by atoms with E-state index in [2.05, 4.69) is 15.5 Å². The number of nitrogens with one attached hydrogen (secondary N) is 1. The fourth-order valence-corrected chi connectivity index (χ4v) is 2.32. The minimum atomic E-state index is -0.402. The van der Waals surface area contributed by atoms with Gasteiger partial charge < -0.3 is 14.6 Å². The van der Waals surface area contributed by atoms with E-state index < -0.39 is 6.04 Å². The third-order valence-electron chi connectivity index (χ3n) is 3.82. The average molecular weight is 337 g/mol. The van der Waals surface area contributed by atoms with Gasteiger partial charge in [0.2, 0.25) is 11.7 Å². The molecule has 0 radical (unpaired) electrons. The number of rotatable bonds is 5. The van der Waals surface area contributed by atoms with Crippen molar-refractivity contribution in [3.05, 3.63) is 65.5 Å². The summed E-state index contributed by atoms with van der Waals surface area (Å²) in [6.07, 6.45) is 0. The molecule has 25 heavy (non-hydrogen) atoms. The monoisotopic (exact) mass is 337 g/mol. The molecule has 1 atom stereocenters. The molecule has 3 rings (SSSR count). The molecule has 0 aliphatic carbocycles. The molecular formula is C19H19N3O3. The first kappa shape index (κ1) is 16.7. The van der Waals surface area contributed by atoms with Gasteiger partial charge in [0, 0.05) is 11.1 Å². The highest BCUT2D eigenvalue weighted by atomic mass is 16.5. The molecule has 0 aliphatic rings. The summed E-state index contributed by atoms with van der Waals surface area (Å²) in [5, 5.41) is 6.83. The lowest BCUT2D eigenvalue weighted by atomic mass is 10.1. The first-order valence-electron chi connectivity index (χ1n) is 7.92. The van der Waals surface area contributed by atoms with Gasteiger partial charge in [-0.3, -0.25) is 4.79 Å². The van der Waals surface area contributed by atoms with Crippen LogP contribution < -0.4 is 10.1 Å². The molecule has 128 valence electrons. The zero-order valence-electron chi connectivity index (χ0n) is 14.3. The Labute approximate surface area is 145 Å². The molecular weight excluding hydrogens is 318 g/mol. The number of ether oxygens (including phenoxy) is 1. The summed E-state index contributed by atoms with van der Waals surface area (Å²) in [7, 11) is 1.58. The SMILES string of the molecule is COc1ccc(C(=O)N[C@@H](C)c2nc(-c3ccc(C)cc3)no2)cc1. The van der Waals surface area contributed by atoms with E-state index in [0.29, 0.717) is 23.0 Å². The second-order valence-corrected chi connectivity index (χ2v) is 5.75. The third-order valence-corrected chi connectivity index (χ3v) is 3.82. The van der Waals surface area contributed by atoms with Gasteiger partial charge in [-0.2, -0.15) is 4.98 Å². The minimum absolute atomic E-state index is 0.217. The Kier molecular flexibility index (Phi) is 4.79. The number of carbonyl (C=O) groups excluding carboxylic acids is 1. The standard InChI is InChI=1S/C19H19N3O3/c1-12-4-6-14(7-5-12)17-21-19(25-22-17)13(2)20-18(23)15-8-10-16(24-3)11-9-15/h4-11,13H,1-3H3,(H,20,23)/t13-/m0/s1. The van der Waals surface area contributed by atoms with Crippen LogP contribution >= 0.6 is 0 Å². The summed E-state index contributed by atoms with van der Waals surface area (Å²) in [5.41, 5.74) is 2.56. The van der Waals surface area contributed by atoms with Crippen molar-refractivity contribution in [3.8, 4) is 17.1 Å². The number of aromatic nitrogens is 2. The Morgan fingerprint density at radius 1 is 1.12 bits per heavy atom. The molecule has 0 aliphatic heterocycles. The number of hydrogen-bond acceptors (Lipinski definition) is 5. The van der Waals surface area contributed by atoms with E-state index in [1.807, 2.05) is 31.2 Å². The lowest BCUT2D eigenvalue weighted by molar-refractivity contribution is 0.0932. The maximum atomic E-state index is 12.3. The number of benzene rings is 2. The summed E-state index contributed by atoms with van der Waals surface area (Å²) in [4.78, 5) is 16.7. The molecule has 0 saturated heterocycles. The molecule has 0 fully saturated rings. The Hall–Kier alpha value is -3.15. The number of methoxy groups -OCH3 is 1. The molecule has 2 aromatic carbocycles. The molecule has 0 spiro atoms. The second-order valence-electron chi connectivity index (χ2n) is 5.75. The van der Waals surface area contributed by atoms with Crippen LogP contribution in [0.4, 0.5) is 0 Å². The molecule has 0 saturated carbocycles. The van der Waals surface area contributed by atoms with Crippen molar-refractivity contribution in [3.63, 3.8) is 0 Å². The minimum Gasteiger partial charge on any atom is -0.497 e. The molecule has 0 unspecified atom stereocenters. The largest absolute Gasteiger partial charge is 0.497 e. The second kappa shape index (κ2) is 7.17. The van der Waals surface area contributed by atoms with Crippen LogP contribution in [0.1, 0.15) is 34.8 Å². The van der Waals surface area contributed by atoms with Crippen molar-refractivity contribution >= 4 is 5.91 Å². The summed E-state index contributed by atoms with van der Waals surface area (Å²) in [6, 6.07) is 14.3. The number of carbonyl (C=O) groups is 1. The maximum absolute atomic E-state index is 12.3. The molecule has 3 aromatic rings. The van der Waals surface area contributed by atoms with Gasteiger partial charge in [-0.15, -0.1) is 0 Å². The van der Waals surface area contributed by atoms with Crippen LogP contribution in [0, 0.1) is 6.92 Å². The first-order valence-corrected chi connectivity index (χ1v) is 7.92. The van der Waals surface area contributed by atoms with E-state index >= 15 is 0 Å². The van der Waals surface area contributed by atoms with E-state index in [4.69, 9.17) is 9.26 Å². The van der Waals surface area contributed by atoms with Crippen molar-refractivity contribution < 1.29 is 14.1 Å². The maximum Gasteiger partial charge on any atom is 0.251 e. The van der Waals surface area contributed by atoms with E-state index in [9.17, 15) is 4.79 Å². The topological polar surface area (TPSA) is 77.2 Å². The van der Waals surface area contributed by atoms with Crippen LogP contribution in [0.25, 0.3) is 11.4 Å². The Morgan fingerprint density at radius 2 is 1.80 bits per heavy atom. The summed E-state index contributed by atoms with van der Waals surface area (Å²) >= 11 is 0.